The van der Waals surface area contributed by atoms with Crippen LogP contribution in [0.1, 0.15) is 299 Å². The van der Waals surface area contributed by atoms with E-state index in [1.807, 2.05) is 586 Å². The second-order valence-corrected chi connectivity index (χ2v) is 24.2. The van der Waals surface area contributed by atoms with Crippen molar-refractivity contribution in [3.8, 4) is 11.1 Å². The minimum Gasteiger partial charge on any atom is -0.229 e. The Hall–Kier alpha value is -8.46. The smallest absolute Gasteiger partial charge is 0.229 e. The van der Waals surface area contributed by atoms with Gasteiger partial charge in [-0.05, 0) is 40.5 Å². The van der Waals surface area contributed by atoms with E-state index in [4.69, 9.17) is 0 Å². The standard InChI is InChI=1S/C15H14.C8H16.10C6H6.C2H3F3.C2H6O2S.16C2H6.4CH3Cl/c1-15(2)13-9-5-3-7-11(13)12-8-4-6-10-14(12)15;1-8(2)6-4-3-5-7-8;10*1-2-4-6-5-3-1;1-2(3,4)5;1-5(2,3)4;20*1-2/h3-10H,1-2H3;3-7H2,1-2H3;10*1-6H;1H3;1-2H3;16*1-2H3;4*1H3. The average Bonchev–Trinajstić information content (AvgIpc) is 1.59. The maximum Gasteiger partial charge on any atom is 0.386 e. The van der Waals surface area contributed by atoms with E-state index in [2.05, 4.69) is 123 Å². The highest BCUT2D eigenvalue weighted by Gasteiger charge is 2.34. The van der Waals surface area contributed by atoms with Crippen LogP contribution in [-0.2, 0) is 15.3 Å². The SMILES string of the molecule is CC.CC.CC.CC.CC.CC.CC.CC.CC.CC.CC.CC.CC.CC.CC.CC.CC(F)(F)F.CC1(C)CCCCC1.CC1(C)c2ccccc2-c2ccccc21.CCl.CCl.CCl.CCl.CS(C)(=O)=O.c1ccccc1.c1ccccc1.c1ccccc1.c1ccccc1.c1ccccc1.c1ccccc1.c1ccccc1.c1ccccc1.c1ccccc1.c1ccccc1. The second kappa shape index (κ2) is 184. The molecule has 0 atom stereocenters. The van der Waals surface area contributed by atoms with Crippen molar-refractivity contribution in [3.63, 3.8) is 0 Å². The molecule has 0 radical (unpaired) electrons. The molecule has 0 spiro atoms. The first-order valence-electron chi connectivity index (χ1n) is 48.8. The summed E-state index contributed by atoms with van der Waals surface area (Å²) in [6, 6.07) is 137. The second-order valence-electron chi connectivity index (χ2n) is 21.9. The van der Waals surface area contributed by atoms with Gasteiger partial charge in [0.2, 0.25) is 0 Å². The number of benzene rings is 12. The third kappa shape index (κ3) is 184. The highest BCUT2D eigenvalue weighted by molar-refractivity contribution is 7.89. The predicted octanol–water partition coefficient (Wildman–Crippen LogP) is 44.9. The molecule has 0 amide bonds. The highest BCUT2D eigenvalue weighted by atomic mass is 35.5. The minimum absolute atomic E-state index is 0.160. The summed E-state index contributed by atoms with van der Waals surface area (Å²) >= 11 is 18.6. The van der Waals surface area contributed by atoms with Gasteiger partial charge in [0.05, 0.1) is 0 Å². The van der Waals surface area contributed by atoms with E-state index < -0.39 is 16.0 Å². The lowest BCUT2D eigenvalue weighted by Crippen LogP contribution is -2.14. The highest BCUT2D eigenvalue weighted by Crippen LogP contribution is 2.48. The molecular weight excluding hydrogens is 1740 g/mol. The molecule has 12 aromatic carbocycles. The molecule has 1 fully saturated rings. The molecule has 2 aliphatic carbocycles. The fourth-order valence-corrected chi connectivity index (χ4v) is 8.03. The molecule has 766 valence electrons. The van der Waals surface area contributed by atoms with Crippen LogP contribution in [0, 0.1) is 5.41 Å². The zero-order valence-corrected chi connectivity index (χ0v) is 97.0. The molecule has 0 aromatic heterocycles. The lowest BCUT2D eigenvalue weighted by atomic mass is 9.78. The van der Waals surface area contributed by atoms with Crippen molar-refractivity contribution < 1.29 is 21.6 Å². The molecular formula is C123H207Cl4F3O2S. The topological polar surface area (TPSA) is 34.1 Å². The van der Waals surface area contributed by atoms with Gasteiger partial charge in [0, 0.05) is 50.4 Å². The fourth-order valence-electron chi connectivity index (χ4n) is 8.03. The zero-order chi connectivity index (χ0) is 108. The summed E-state index contributed by atoms with van der Waals surface area (Å²) in [5.74, 6) is 0. The third-order valence-electron chi connectivity index (χ3n) is 12.4. The Labute approximate surface area is 849 Å². The van der Waals surface area contributed by atoms with Gasteiger partial charge in [-0.25, -0.2) is 8.42 Å². The molecule has 2 aliphatic rings. The van der Waals surface area contributed by atoms with E-state index in [1.54, 1.807) is 0 Å². The Bertz CT molecular complexity index is 2640. The number of alkyl halides is 7. The van der Waals surface area contributed by atoms with Crippen molar-refractivity contribution in [1.29, 1.82) is 0 Å². The monoisotopic (exact) mass is 1950 g/mol. The number of fused-ring (bicyclic) bond motifs is 3. The largest absolute Gasteiger partial charge is 0.386 e. The number of sulfone groups is 1. The molecule has 0 aliphatic heterocycles. The maximum atomic E-state index is 10.4. The lowest BCUT2D eigenvalue weighted by Gasteiger charge is -2.28. The van der Waals surface area contributed by atoms with Crippen LogP contribution in [0.2, 0.25) is 0 Å². The van der Waals surface area contributed by atoms with Crippen molar-refractivity contribution >= 4 is 56.2 Å². The van der Waals surface area contributed by atoms with Gasteiger partial charge in [0.15, 0.2) is 0 Å². The molecule has 10 heteroatoms. The van der Waals surface area contributed by atoms with Gasteiger partial charge < -0.3 is 0 Å². The van der Waals surface area contributed by atoms with Crippen LogP contribution in [0.3, 0.4) is 0 Å². The zero-order valence-electron chi connectivity index (χ0n) is 93.2. The molecule has 0 bridgehead atoms. The van der Waals surface area contributed by atoms with Gasteiger partial charge in [-0.15, -0.1) is 46.4 Å². The van der Waals surface area contributed by atoms with Gasteiger partial charge in [0.25, 0.3) is 0 Å². The van der Waals surface area contributed by atoms with E-state index in [0.29, 0.717) is 5.41 Å². The van der Waals surface area contributed by atoms with Crippen molar-refractivity contribution in [3.05, 3.63) is 424 Å². The first-order chi connectivity index (χ1) is 64.9. The van der Waals surface area contributed by atoms with Gasteiger partial charge in [-0.1, -0.05) is 681 Å². The van der Waals surface area contributed by atoms with E-state index in [9.17, 15) is 21.6 Å². The van der Waals surface area contributed by atoms with Crippen molar-refractivity contribution in [1.82, 2.24) is 0 Å². The van der Waals surface area contributed by atoms with E-state index in [0.717, 1.165) is 12.5 Å². The first-order valence-corrected chi connectivity index (χ1v) is 54.2. The molecule has 14 rings (SSSR count). The quantitative estimate of drug-likeness (QED) is 0.142. The summed E-state index contributed by atoms with van der Waals surface area (Å²) in [5.41, 5.74) is 6.54. The Morgan fingerprint density at radius 3 is 0.361 bits per heavy atom. The van der Waals surface area contributed by atoms with Crippen LogP contribution in [0.4, 0.5) is 13.2 Å². The van der Waals surface area contributed by atoms with Gasteiger partial charge >= 0.3 is 6.18 Å². The number of rotatable bonds is 0. The summed E-state index contributed by atoms with van der Waals surface area (Å²) in [6.45, 7) is 73.6. The van der Waals surface area contributed by atoms with Gasteiger partial charge in [-0.3, -0.25) is 0 Å². The molecule has 0 saturated heterocycles. The van der Waals surface area contributed by atoms with Gasteiger partial charge in [0.1, 0.15) is 9.84 Å². The van der Waals surface area contributed by atoms with E-state index >= 15 is 0 Å². The van der Waals surface area contributed by atoms with Crippen LogP contribution < -0.4 is 0 Å². The normalized spacial score (nSPS) is 8.86. The molecule has 133 heavy (non-hydrogen) atoms. The van der Waals surface area contributed by atoms with Crippen LogP contribution in [0.15, 0.2) is 413 Å². The van der Waals surface area contributed by atoms with Crippen molar-refractivity contribution in [2.24, 2.45) is 5.41 Å². The third-order valence-corrected chi connectivity index (χ3v) is 12.4. The Morgan fingerprint density at radius 2 is 0.286 bits per heavy atom. The molecule has 0 N–H and O–H groups in total. The Kier molecular flexibility index (Phi) is 240. The first kappa shape index (κ1) is 174. The lowest BCUT2D eigenvalue weighted by molar-refractivity contribution is -0.110. The van der Waals surface area contributed by atoms with Crippen molar-refractivity contribution in [2.75, 3.05) is 38.0 Å². The van der Waals surface area contributed by atoms with Crippen LogP contribution in [0.5, 0.6) is 0 Å². The number of hydrogen-bond donors (Lipinski definition) is 0. The molecule has 2 nitrogen and oxygen atoms in total. The summed E-state index contributed by atoms with van der Waals surface area (Å²) in [6.07, 6.45) is 11.5. The van der Waals surface area contributed by atoms with Crippen LogP contribution >= 0.6 is 46.4 Å². The maximum absolute atomic E-state index is 10.4. The Balaban J connectivity index is -0.0000000562. The summed E-state index contributed by atoms with van der Waals surface area (Å²) in [7, 11) is -2.67. The Morgan fingerprint density at radius 1 is 0.203 bits per heavy atom. The number of hydrogen-bond acceptors (Lipinski definition) is 2. The number of halogens is 7. The molecule has 0 unspecified atom stereocenters. The van der Waals surface area contributed by atoms with E-state index in [-0.39, 0.29) is 12.3 Å². The summed E-state index contributed by atoms with van der Waals surface area (Å²) in [4.78, 5) is 0. The minimum atomic E-state index is -4.00. The van der Waals surface area contributed by atoms with Crippen LogP contribution in [-0.4, -0.2) is 52.6 Å². The van der Waals surface area contributed by atoms with E-state index in [1.165, 1.54) is 79.9 Å². The average molecular weight is 1950 g/mol. The van der Waals surface area contributed by atoms with Crippen LogP contribution in [0.25, 0.3) is 11.1 Å². The van der Waals surface area contributed by atoms with Gasteiger partial charge in [-0.2, -0.15) is 13.2 Å². The van der Waals surface area contributed by atoms with Crippen molar-refractivity contribution in [2.45, 2.75) is 300 Å². The predicted molar refractivity (Wildman–Crippen MR) is 626 cm³/mol. The molecule has 1 saturated carbocycles. The fraction of sp³-hybridized carbons (Fsp3) is 0.415. The summed E-state index contributed by atoms with van der Waals surface area (Å²) < 4.78 is 50.3. The molecule has 0 heterocycles. The molecule has 12 aromatic rings. The summed E-state index contributed by atoms with van der Waals surface area (Å²) in [5, 5.41) is 0.